The predicted molar refractivity (Wildman–Crippen MR) is 71.3 cm³/mol. The number of hydrogen-bond acceptors (Lipinski definition) is 2. The Balaban J connectivity index is 1.99. The Morgan fingerprint density at radius 2 is 1.70 bits per heavy atom. The van der Waals surface area contributed by atoms with Crippen LogP contribution in [0.3, 0.4) is 0 Å². The summed E-state index contributed by atoms with van der Waals surface area (Å²) >= 11 is 0. The molecule has 1 N–H and O–H groups in total. The number of nitrogens with one attached hydrogen (secondary N) is 1. The first kappa shape index (κ1) is 12.5. The van der Waals surface area contributed by atoms with Gasteiger partial charge >= 0.3 is 0 Å². The summed E-state index contributed by atoms with van der Waals surface area (Å²) in [6.07, 6.45) is 1.50. The van der Waals surface area contributed by atoms with E-state index in [1.165, 1.54) is 6.20 Å². The summed E-state index contributed by atoms with van der Waals surface area (Å²) in [5, 5.41) is 3.55. The van der Waals surface area contributed by atoms with Gasteiger partial charge in [-0.1, -0.05) is 18.2 Å². The number of fused-ring (bicyclic) bond motifs is 1. The van der Waals surface area contributed by atoms with Gasteiger partial charge in [-0.05, 0) is 24.3 Å². The van der Waals surface area contributed by atoms with Crippen molar-refractivity contribution in [1.82, 2.24) is 4.98 Å². The third-order valence-corrected chi connectivity index (χ3v) is 2.90. The number of anilines is 2. The van der Waals surface area contributed by atoms with Gasteiger partial charge in [-0.15, -0.1) is 0 Å². The summed E-state index contributed by atoms with van der Waals surface area (Å²) in [4.78, 5) is 4.19. The van der Waals surface area contributed by atoms with E-state index in [2.05, 4.69) is 10.3 Å². The minimum atomic E-state index is -1.50. The number of para-hydroxylation sites is 1. The lowest BCUT2D eigenvalue weighted by molar-refractivity contribution is 0.449. The van der Waals surface area contributed by atoms with Gasteiger partial charge in [0.05, 0.1) is 23.1 Å². The van der Waals surface area contributed by atoms with Gasteiger partial charge in [0.1, 0.15) is 0 Å². The van der Waals surface area contributed by atoms with Gasteiger partial charge in [-0.3, -0.25) is 4.98 Å². The van der Waals surface area contributed by atoms with E-state index in [9.17, 15) is 13.2 Å². The molecule has 3 rings (SSSR count). The first-order chi connectivity index (χ1) is 9.65. The minimum absolute atomic E-state index is 0.138. The molecule has 20 heavy (non-hydrogen) atoms. The van der Waals surface area contributed by atoms with Gasteiger partial charge in [-0.25, -0.2) is 13.2 Å². The van der Waals surface area contributed by atoms with E-state index in [1.807, 2.05) is 24.3 Å². The lowest BCUT2D eigenvalue weighted by atomic mass is 10.2. The number of benzene rings is 2. The van der Waals surface area contributed by atoms with Gasteiger partial charge in [0, 0.05) is 5.39 Å². The first-order valence-corrected chi connectivity index (χ1v) is 5.90. The number of pyridine rings is 1. The molecule has 0 unspecified atom stereocenters. The molecule has 0 fully saturated rings. The molecule has 0 bridgehead atoms. The summed E-state index contributed by atoms with van der Waals surface area (Å²) in [5.41, 5.74) is 1.15. The zero-order chi connectivity index (χ0) is 14.1. The number of rotatable bonds is 2. The molecule has 100 valence electrons. The van der Waals surface area contributed by atoms with Crippen LogP contribution in [0.4, 0.5) is 24.5 Å². The minimum Gasteiger partial charge on any atom is -0.352 e. The highest BCUT2D eigenvalue weighted by Crippen LogP contribution is 2.24. The van der Waals surface area contributed by atoms with E-state index < -0.39 is 17.5 Å². The van der Waals surface area contributed by atoms with Gasteiger partial charge < -0.3 is 5.32 Å². The second-order valence-electron chi connectivity index (χ2n) is 4.26. The van der Waals surface area contributed by atoms with Crippen LogP contribution in [-0.2, 0) is 0 Å². The monoisotopic (exact) mass is 274 g/mol. The van der Waals surface area contributed by atoms with E-state index >= 15 is 0 Å². The number of halogens is 3. The van der Waals surface area contributed by atoms with Crippen LogP contribution in [0, 0.1) is 17.5 Å². The molecule has 0 atom stereocenters. The molecule has 3 aromatic rings. The molecule has 0 radical (unpaired) electrons. The Labute approximate surface area is 112 Å². The fourth-order valence-electron chi connectivity index (χ4n) is 1.92. The highest BCUT2D eigenvalue weighted by atomic mass is 19.2. The highest BCUT2D eigenvalue weighted by molar-refractivity contribution is 5.82. The molecule has 0 aliphatic heterocycles. The summed E-state index contributed by atoms with van der Waals surface area (Å²) < 4.78 is 39.6. The highest BCUT2D eigenvalue weighted by Gasteiger charge is 2.13. The molecule has 0 saturated carbocycles. The first-order valence-electron chi connectivity index (χ1n) is 5.90. The fraction of sp³-hybridized carbons (Fsp3) is 0. The fourth-order valence-corrected chi connectivity index (χ4v) is 1.92. The quantitative estimate of drug-likeness (QED) is 0.701. The Kier molecular flexibility index (Phi) is 3.02. The number of hydrogen-bond donors (Lipinski definition) is 1. The average Bonchev–Trinajstić information content (AvgIpc) is 2.48. The molecule has 5 heteroatoms. The van der Waals surface area contributed by atoms with E-state index in [1.54, 1.807) is 6.07 Å². The predicted octanol–water partition coefficient (Wildman–Crippen LogP) is 4.40. The van der Waals surface area contributed by atoms with Crippen LogP contribution in [0.5, 0.6) is 0 Å². The van der Waals surface area contributed by atoms with Gasteiger partial charge in [-0.2, -0.15) is 0 Å². The van der Waals surface area contributed by atoms with Crippen molar-refractivity contribution in [2.75, 3.05) is 5.32 Å². The third-order valence-electron chi connectivity index (χ3n) is 2.90. The maximum atomic E-state index is 13.6. The summed E-state index contributed by atoms with van der Waals surface area (Å²) in [6.45, 7) is 0. The van der Waals surface area contributed by atoms with Crippen LogP contribution >= 0.6 is 0 Å². The summed E-state index contributed by atoms with van der Waals surface area (Å²) in [7, 11) is 0. The molecule has 2 aromatic carbocycles. The van der Waals surface area contributed by atoms with Crippen LogP contribution in [0.15, 0.2) is 48.7 Å². The van der Waals surface area contributed by atoms with Crippen LogP contribution in [0.1, 0.15) is 0 Å². The van der Waals surface area contributed by atoms with Crippen molar-refractivity contribution in [2.45, 2.75) is 0 Å². The summed E-state index contributed by atoms with van der Waals surface area (Å²) in [6, 6.07) is 11.2. The molecular formula is C15H9F3N2. The van der Waals surface area contributed by atoms with Crippen molar-refractivity contribution in [3.8, 4) is 0 Å². The molecule has 1 aromatic heterocycles. The van der Waals surface area contributed by atoms with E-state index in [0.29, 0.717) is 5.69 Å². The van der Waals surface area contributed by atoms with Crippen molar-refractivity contribution in [2.24, 2.45) is 0 Å². The van der Waals surface area contributed by atoms with Crippen molar-refractivity contribution in [1.29, 1.82) is 0 Å². The zero-order valence-corrected chi connectivity index (χ0v) is 10.2. The molecule has 0 aliphatic carbocycles. The van der Waals surface area contributed by atoms with Gasteiger partial charge in [0.15, 0.2) is 17.5 Å². The smallest absolute Gasteiger partial charge is 0.196 e. The average molecular weight is 274 g/mol. The second-order valence-corrected chi connectivity index (χ2v) is 4.26. The van der Waals surface area contributed by atoms with Crippen molar-refractivity contribution >= 4 is 22.3 Å². The topological polar surface area (TPSA) is 24.9 Å². The Morgan fingerprint density at radius 3 is 2.55 bits per heavy atom. The molecule has 0 amide bonds. The van der Waals surface area contributed by atoms with Crippen molar-refractivity contribution in [3.05, 3.63) is 66.1 Å². The van der Waals surface area contributed by atoms with Gasteiger partial charge in [0.25, 0.3) is 0 Å². The SMILES string of the molecule is Fc1ccc(Nc2cnc3ccccc3c2)c(F)c1F. The second kappa shape index (κ2) is 4.85. The van der Waals surface area contributed by atoms with E-state index in [4.69, 9.17) is 0 Å². The molecular weight excluding hydrogens is 265 g/mol. The molecule has 1 heterocycles. The van der Waals surface area contributed by atoms with Crippen LogP contribution in [-0.4, -0.2) is 4.98 Å². The Bertz CT molecular complexity index is 787. The maximum Gasteiger partial charge on any atom is 0.196 e. The summed E-state index contributed by atoms with van der Waals surface area (Å²) in [5.74, 6) is -3.97. The van der Waals surface area contributed by atoms with Crippen molar-refractivity contribution < 1.29 is 13.2 Å². The lowest BCUT2D eigenvalue weighted by Crippen LogP contribution is -1.99. The van der Waals surface area contributed by atoms with Crippen LogP contribution < -0.4 is 5.32 Å². The standard InChI is InChI=1S/C15H9F3N2/c16-11-5-6-13(15(18)14(11)17)20-10-7-9-3-1-2-4-12(9)19-8-10/h1-8,20H. The normalized spacial score (nSPS) is 10.8. The third kappa shape index (κ3) is 2.18. The molecule has 2 nitrogen and oxygen atoms in total. The van der Waals surface area contributed by atoms with E-state index in [-0.39, 0.29) is 5.69 Å². The number of aromatic nitrogens is 1. The van der Waals surface area contributed by atoms with Crippen LogP contribution in [0.25, 0.3) is 10.9 Å². The maximum absolute atomic E-state index is 13.6. The molecule has 0 spiro atoms. The molecule has 0 saturated heterocycles. The number of nitrogens with zero attached hydrogens (tertiary/aromatic N) is 1. The van der Waals surface area contributed by atoms with E-state index in [0.717, 1.165) is 23.0 Å². The van der Waals surface area contributed by atoms with Crippen molar-refractivity contribution in [3.63, 3.8) is 0 Å². The van der Waals surface area contributed by atoms with Gasteiger partial charge in [0.2, 0.25) is 0 Å². The molecule has 0 aliphatic rings. The zero-order valence-electron chi connectivity index (χ0n) is 10.2. The largest absolute Gasteiger partial charge is 0.352 e. The lowest BCUT2D eigenvalue weighted by Gasteiger charge is -2.09. The Hall–Kier alpha value is -2.56. The van der Waals surface area contributed by atoms with Crippen LogP contribution in [0.2, 0.25) is 0 Å². The Morgan fingerprint density at radius 1 is 0.900 bits per heavy atom.